The Labute approximate surface area is 107 Å². The second-order valence-electron chi connectivity index (χ2n) is 5.12. The number of benzene rings is 1. The van der Waals surface area contributed by atoms with Crippen molar-refractivity contribution < 1.29 is 9.90 Å². The normalized spacial score (nSPS) is 23.7. The van der Waals surface area contributed by atoms with Crippen molar-refractivity contribution in [2.75, 3.05) is 11.9 Å². The summed E-state index contributed by atoms with van der Waals surface area (Å²) in [5.41, 5.74) is 2.12. The van der Waals surface area contributed by atoms with Gasteiger partial charge >= 0.3 is 0 Å². The van der Waals surface area contributed by atoms with Gasteiger partial charge < -0.3 is 15.7 Å². The average molecular weight is 248 g/mol. The van der Waals surface area contributed by atoms with E-state index >= 15 is 0 Å². The molecule has 18 heavy (non-hydrogen) atoms. The average Bonchev–Trinajstić information content (AvgIpc) is 2.33. The van der Waals surface area contributed by atoms with Crippen LogP contribution in [0.25, 0.3) is 0 Å². The molecule has 0 fully saturated rings. The van der Waals surface area contributed by atoms with Gasteiger partial charge in [-0.05, 0) is 24.0 Å². The van der Waals surface area contributed by atoms with Gasteiger partial charge in [-0.15, -0.1) is 0 Å². The number of hydrogen-bond acceptors (Lipinski definition) is 3. The first kappa shape index (κ1) is 12.9. The van der Waals surface area contributed by atoms with Gasteiger partial charge in [0.05, 0.1) is 12.6 Å². The van der Waals surface area contributed by atoms with Crippen molar-refractivity contribution in [3.05, 3.63) is 29.8 Å². The number of aliphatic hydroxyl groups is 1. The smallest absolute Gasteiger partial charge is 0.243 e. The molecule has 0 saturated heterocycles. The Hall–Kier alpha value is -1.55. The van der Waals surface area contributed by atoms with Crippen molar-refractivity contribution in [3.8, 4) is 0 Å². The molecule has 0 aromatic heterocycles. The summed E-state index contributed by atoms with van der Waals surface area (Å²) < 4.78 is 0. The Bertz CT molecular complexity index is 432. The first-order chi connectivity index (χ1) is 8.61. The first-order valence-corrected chi connectivity index (χ1v) is 6.37. The lowest BCUT2D eigenvalue weighted by Gasteiger charge is -2.30. The second kappa shape index (κ2) is 5.40. The lowest BCUT2D eigenvalue weighted by molar-refractivity contribution is -0.123. The minimum absolute atomic E-state index is 0.0368. The molecule has 1 aliphatic rings. The van der Waals surface area contributed by atoms with Gasteiger partial charge in [-0.2, -0.15) is 0 Å². The highest BCUT2D eigenvalue weighted by Gasteiger charge is 2.27. The minimum atomic E-state index is -0.263. The van der Waals surface area contributed by atoms with E-state index in [1.807, 2.05) is 38.1 Å². The molecule has 1 amide bonds. The summed E-state index contributed by atoms with van der Waals surface area (Å²) >= 11 is 0. The van der Waals surface area contributed by atoms with Crippen molar-refractivity contribution in [1.82, 2.24) is 5.32 Å². The van der Waals surface area contributed by atoms with Gasteiger partial charge in [-0.25, -0.2) is 0 Å². The molecule has 4 heteroatoms. The molecule has 4 nitrogen and oxygen atoms in total. The summed E-state index contributed by atoms with van der Waals surface area (Å²) in [7, 11) is 0. The summed E-state index contributed by atoms with van der Waals surface area (Å²) in [6.45, 7) is 3.98. The van der Waals surface area contributed by atoms with Gasteiger partial charge in [0, 0.05) is 5.69 Å². The highest BCUT2D eigenvalue weighted by Crippen LogP contribution is 2.22. The summed E-state index contributed by atoms with van der Waals surface area (Å²) in [6.07, 6.45) is 0.649. The Morgan fingerprint density at radius 1 is 1.33 bits per heavy atom. The maximum absolute atomic E-state index is 12.1. The summed E-state index contributed by atoms with van der Waals surface area (Å²) in [6, 6.07) is 7.47. The van der Waals surface area contributed by atoms with Crippen LogP contribution >= 0.6 is 0 Å². The number of anilines is 1. The SMILES string of the molecule is CC(C)[C@@H]1Nc2ccccc2C[C@@H](CO)NC1=O. The molecule has 1 aromatic carbocycles. The molecule has 3 N–H and O–H groups in total. The largest absolute Gasteiger partial charge is 0.394 e. The zero-order valence-electron chi connectivity index (χ0n) is 10.8. The number of rotatable bonds is 2. The Morgan fingerprint density at radius 3 is 2.72 bits per heavy atom. The third-order valence-corrected chi connectivity index (χ3v) is 3.31. The second-order valence-corrected chi connectivity index (χ2v) is 5.12. The van der Waals surface area contributed by atoms with E-state index in [-0.39, 0.29) is 30.5 Å². The monoisotopic (exact) mass is 248 g/mol. The predicted octanol–water partition coefficient (Wildman–Crippen LogP) is 1.16. The Balaban J connectivity index is 2.35. The standard InChI is InChI=1S/C14H20N2O2/c1-9(2)13-14(18)15-11(8-17)7-10-5-3-4-6-12(10)16-13/h3-6,9,11,13,16-17H,7-8H2,1-2H3,(H,15,18)/t11-,13-/m0/s1. The van der Waals surface area contributed by atoms with Crippen LogP contribution in [0.1, 0.15) is 19.4 Å². The van der Waals surface area contributed by atoms with E-state index in [4.69, 9.17) is 0 Å². The van der Waals surface area contributed by atoms with Crippen LogP contribution in [0.15, 0.2) is 24.3 Å². The minimum Gasteiger partial charge on any atom is -0.394 e. The molecule has 1 aliphatic heterocycles. The third-order valence-electron chi connectivity index (χ3n) is 3.31. The van der Waals surface area contributed by atoms with Crippen molar-refractivity contribution in [3.63, 3.8) is 0 Å². The van der Waals surface area contributed by atoms with Crippen LogP contribution in [0, 0.1) is 5.92 Å². The Morgan fingerprint density at radius 2 is 2.06 bits per heavy atom. The van der Waals surface area contributed by atoms with Crippen molar-refractivity contribution in [2.24, 2.45) is 5.92 Å². The van der Waals surface area contributed by atoms with E-state index in [1.165, 1.54) is 0 Å². The topological polar surface area (TPSA) is 61.4 Å². The van der Waals surface area contributed by atoms with E-state index < -0.39 is 0 Å². The van der Waals surface area contributed by atoms with Crippen LogP contribution in [0.5, 0.6) is 0 Å². The molecular weight excluding hydrogens is 228 g/mol. The van der Waals surface area contributed by atoms with Gasteiger partial charge in [0.25, 0.3) is 0 Å². The number of amides is 1. The van der Waals surface area contributed by atoms with E-state index in [9.17, 15) is 9.90 Å². The zero-order valence-corrected chi connectivity index (χ0v) is 10.8. The molecule has 2 rings (SSSR count). The van der Waals surface area contributed by atoms with Gasteiger partial charge in [-0.3, -0.25) is 4.79 Å². The van der Waals surface area contributed by atoms with Crippen LogP contribution in [0.2, 0.25) is 0 Å². The van der Waals surface area contributed by atoms with Crippen LogP contribution in [-0.4, -0.2) is 29.7 Å². The van der Waals surface area contributed by atoms with Gasteiger partial charge in [0.2, 0.25) is 5.91 Å². The maximum atomic E-state index is 12.1. The molecular formula is C14H20N2O2. The first-order valence-electron chi connectivity index (χ1n) is 6.37. The van der Waals surface area contributed by atoms with E-state index in [0.29, 0.717) is 6.42 Å². The number of carbonyl (C=O) groups excluding carboxylic acids is 1. The molecule has 0 aliphatic carbocycles. The highest BCUT2D eigenvalue weighted by atomic mass is 16.3. The Kier molecular flexibility index (Phi) is 3.87. The molecule has 2 atom stereocenters. The lowest BCUT2D eigenvalue weighted by atomic mass is 9.97. The highest BCUT2D eigenvalue weighted by molar-refractivity contribution is 5.86. The van der Waals surface area contributed by atoms with E-state index in [0.717, 1.165) is 11.3 Å². The number of nitrogens with one attached hydrogen (secondary N) is 2. The fourth-order valence-electron chi connectivity index (χ4n) is 2.26. The summed E-state index contributed by atoms with van der Waals surface area (Å²) in [5, 5.41) is 15.5. The molecule has 0 unspecified atom stereocenters. The third kappa shape index (κ3) is 2.64. The lowest BCUT2D eigenvalue weighted by Crippen LogP contribution is -2.50. The van der Waals surface area contributed by atoms with Crippen molar-refractivity contribution in [2.45, 2.75) is 32.4 Å². The molecule has 0 spiro atoms. The van der Waals surface area contributed by atoms with Gasteiger partial charge in [-0.1, -0.05) is 32.0 Å². The fraction of sp³-hybridized carbons (Fsp3) is 0.500. The van der Waals surface area contributed by atoms with Crippen LogP contribution in [0.4, 0.5) is 5.69 Å². The maximum Gasteiger partial charge on any atom is 0.243 e. The fourth-order valence-corrected chi connectivity index (χ4v) is 2.26. The predicted molar refractivity (Wildman–Crippen MR) is 71.4 cm³/mol. The molecule has 0 radical (unpaired) electrons. The molecule has 0 bridgehead atoms. The molecule has 1 aromatic rings. The van der Waals surface area contributed by atoms with Crippen LogP contribution < -0.4 is 10.6 Å². The van der Waals surface area contributed by atoms with E-state index in [2.05, 4.69) is 10.6 Å². The van der Waals surface area contributed by atoms with E-state index in [1.54, 1.807) is 0 Å². The summed E-state index contributed by atoms with van der Waals surface area (Å²) in [5.74, 6) is 0.147. The number of aliphatic hydroxyl groups excluding tert-OH is 1. The van der Waals surface area contributed by atoms with Gasteiger partial charge in [0.1, 0.15) is 6.04 Å². The molecule has 98 valence electrons. The number of hydrogen-bond donors (Lipinski definition) is 3. The van der Waals surface area contributed by atoms with Gasteiger partial charge in [0.15, 0.2) is 0 Å². The number of fused-ring (bicyclic) bond motifs is 1. The number of carbonyl (C=O) groups is 1. The molecule has 1 heterocycles. The number of para-hydroxylation sites is 1. The zero-order chi connectivity index (χ0) is 13.1. The quantitative estimate of drug-likeness (QED) is 0.736. The summed E-state index contributed by atoms with van der Waals surface area (Å²) in [4.78, 5) is 12.1. The van der Waals surface area contributed by atoms with Crippen molar-refractivity contribution in [1.29, 1.82) is 0 Å². The van der Waals surface area contributed by atoms with Crippen molar-refractivity contribution >= 4 is 11.6 Å². The molecule has 0 saturated carbocycles. The van der Waals surface area contributed by atoms with Crippen LogP contribution in [-0.2, 0) is 11.2 Å². The van der Waals surface area contributed by atoms with Crippen LogP contribution in [0.3, 0.4) is 0 Å².